The fraction of sp³-hybridized carbons (Fsp3) is 0.519. The van der Waals surface area contributed by atoms with Gasteiger partial charge in [0.2, 0.25) is 0 Å². The molecule has 2 aliphatic heterocycles. The number of piperidine rings is 1. The molecule has 4 atom stereocenters. The Morgan fingerprint density at radius 2 is 1.70 bits per heavy atom. The van der Waals surface area contributed by atoms with Crippen molar-refractivity contribution in [1.82, 2.24) is 15.6 Å². The van der Waals surface area contributed by atoms with E-state index in [-0.39, 0.29) is 34.5 Å². The molecule has 2 saturated heterocycles. The summed E-state index contributed by atoms with van der Waals surface area (Å²) in [5.41, 5.74) is -1.54. The lowest BCUT2D eigenvalue weighted by Crippen LogP contribution is -2.55. The second-order valence-corrected chi connectivity index (χ2v) is 11.3. The van der Waals surface area contributed by atoms with E-state index in [9.17, 15) is 35.9 Å². The fourth-order valence-electron chi connectivity index (χ4n) is 5.20. The van der Waals surface area contributed by atoms with Gasteiger partial charge in [0, 0.05) is 35.4 Å². The molecule has 0 saturated carbocycles. The van der Waals surface area contributed by atoms with Gasteiger partial charge in [-0.05, 0) is 63.8 Å². The van der Waals surface area contributed by atoms with Gasteiger partial charge in [0.05, 0.1) is 12.1 Å². The summed E-state index contributed by atoms with van der Waals surface area (Å²) in [5, 5.41) is 14.0. The van der Waals surface area contributed by atoms with Crippen LogP contribution in [0.3, 0.4) is 0 Å². The van der Waals surface area contributed by atoms with Crippen molar-refractivity contribution in [1.29, 1.82) is 0 Å². The second kappa shape index (κ2) is 12.3. The van der Waals surface area contributed by atoms with Crippen LogP contribution >= 0.6 is 11.6 Å². The molecule has 0 radical (unpaired) electrons. The molecule has 4 rings (SSSR count). The zero-order valence-corrected chi connectivity index (χ0v) is 23.7. The summed E-state index contributed by atoms with van der Waals surface area (Å²) in [7, 11) is 0. The van der Waals surface area contributed by atoms with E-state index in [1.165, 1.54) is 38.2 Å². The number of ether oxygens (including phenoxy) is 2. The zero-order valence-electron chi connectivity index (χ0n) is 22.9. The molecular weight excluding hydrogens is 610 g/mol. The Morgan fingerprint density at radius 3 is 2.26 bits per heavy atom. The number of fused-ring (bicyclic) bond motifs is 2. The standard InChI is InChI=1S/C27H29ClF6N4O5/c1-25(2,42-19-7-4-15(28)9-20(19)43-27(32,33)34)24(41)37-16-10-17-5-6-18(11-16)38(17)22-8-3-14(12-35-22)23(40)36-13-21(39)26(29,30)31/h3-4,7-9,12,16-18,21,39H,5-6,10-11,13H2,1-2H3,(H,36,40)(H,37,41)/t16-,17+,18-,21?. The van der Waals surface area contributed by atoms with Crippen LogP contribution < -0.4 is 25.0 Å². The normalized spacial score (nSPS) is 21.3. The predicted molar refractivity (Wildman–Crippen MR) is 142 cm³/mol. The lowest BCUT2D eigenvalue weighted by atomic mass is 9.96. The molecular formula is C27H29ClF6N4O5. The van der Waals surface area contributed by atoms with E-state index in [1.807, 2.05) is 5.32 Å². The molecule has 16 heteroatoms. The van der Waals surface area contributed by atoms with Crippen molar-refractivity contribution in [3.05, 3.63) is 47.1 Å². The highest BCUT2D eigenvalue weighted by atomic mass is 35.5. The maximum atomic E-state index is 13.2. The van der Waals surface area contributed by atoms with Gasteiger partial charge in [-0.3, -0.25) is 9.59 Å². The Labute approximate surface area is 247 Å². The van der Waals surface area contributed by atoms with Crippen LogP contribution in [-0.4, -0.2) is 70.8 Å². The Balaban J connectivity index is 1.35. The van der Waals surface area contributed by atoms with E-state index < -0.39 is 48.4 Å². The monoisotopic (exact) mass is 638 g/mol. The van der Waals surface area contributed by atoms with E-state index in [0.29, 0.717) is 18.7 Å². The quantitative estimate of drug-likeness (QED) is 0.340. The molecule has 2 aromatic rings. The third-order valence-electron chi connectivity index (χ3n) is 7.22. The Hall–Kier alpha value is -3.46. The van der Waals surface area contributed by atoms with Gasteiger partial charge < -0.3 is 30.1 Å². The number of aliphatic hydroxyl groups excluding tert-OH is 1. The van der Waals surface area contributed by atoms with E-state index in [4.69, 9.17) is 21.4 Å². The molecule has 9 nitrogen and oxygen atoms in total. The number of benzene rings is 1. The minimum absolute atomic E-state index is 0.00903. The van der Waals surface area contributed by atoms with Crippen LogP contribution in [-0.2, 0) is 4.79 Å². The van der Waals surface area contributed by atoms with E-state index in [0.717, 1.165) is 18.9 Å². The van der Waals surface area contributed by atoms with Crippen molar-refractivity contribution in [3.63, 3.8) is 0 Å². The number of rotatable bonds is 9. The number of hydrogen-bond acceptors (Lipinski definition) is 7. The zero-order chi connectivity index (χ0) is 31.7. The molecule has 1 unspecified atom stereocenters. The van der Waals surface area contributed by atoms with Gasteiger partial charge in [-0.2, -0.15) is 13.2 Å². The van der Waals surface area contributed by atoms with Gasteiger partial charge in [-0.25, -0.2) is 4.98 Å². The number of aliphatic hydroxyl groups is 1. The van der Waals surface area contributed by atoms with Gasteiger partial charge in [0.25, 0.3) is 11.8 Å². The molecule has 1 aromatic carbocycles. The molecule has 3 heterocycles. The van der Waals surface area contributed by atoms with Gasteiger partial charge in [0.15, 0.2) is 23.2 Å². The lowest BCUT2D eigenvalue weighted by molar-refractivity contribution is -0.275. The van der Waals surface area contributed by atoms with Crippen LogP contribution in [0, 0.1) is 0 Å². The molecule has 236 valence electrons. The fourth-order valence-corrected chi connectivity index (χ4v) is 5.36. The number of nitrogens with zero attached hydrogens (tertiary/aromatic N) is 2. The molecule has 3 N–H and O–H groups in total. The number of alkyl halides is 6. The number of aromatic nitrogens is 1. The third-order valence-corrected chi connectivity index (χ3v) is 7.46. The summed E-state index contributed by atoms with van der Waals surface area (Å²) < 4.78 is 85.7. The van der Waals surface area contributed by atoms with Gasteiger partial charge in [-0.15, -0.1) is 13.2 Å². The van der Waals surface area contributed by atoms with Gasteiger partial charge in [0.1, 0.15) is 5.82 Å². The first-order valence-electron chi connectivity index (χ1n) is 13.3. The topological polar surface area (TPSA) is 113 Å². The summed E-state index contributed by atoms with van der Waals surface area (Å²) in [6, 6.07) is 6.18. The Bertz CT molecular complexity index is 1310. The number of nitrogens with one attached hydrogen (secondary N) is 2. The number of hydrogen-bond donors (Lipinski definition) is 3. The smallest absolute Gasteiger partial charge is 0.474 e. The minimum Gasteiger partial charge on any atom is -0.474 e. The van der Waals surface area contributed by atoms with Crippen molar-refractivity contribution in [2.75, 3.05) is 11.4 Å². The highest BCUT2D eigenvalue weighted by Crippen LogP contribution is 2.40. The molecule has 2 aliphatic rings. The van der Waals surface area contributed by atoms with Crippen LogP contribution in [0.25, 0.3) is 0 Å². The van der Waals surface area contributed by atoms with Crippen molar-refractivity contribution < 1.29 is 50.5 Å². The molecule has 43 heavy (non-hydrogen) atoms. The lowest BCUT2D eigenvalue weighted by Gasteiger charge is -2.40. The van der Waals surface area contributed by atoms with Crippen molar-refractivity contribution in [3.8, 4) is 11.5 Å². The maximum Gasteiger partial charge on any atom is 0.573 e. The van der Waals surface area contributed by atoms with Crippen LogP contribution in [0.1, 0.15) is 49.9 Å². The Kier molecular flexibility index (Phi) is 9.26. The summed E-state index contributed by atoms with van der Waals surface area (Å²) in [4.78, 5) is 31.8. The number of amides is 2. The Morgan fingerprint density at radius 1 is 1.05 bits per heavy atom. The van der Waals surface area contributed by atoms with Gasteiger partial charge >= 0.3 is 12.5 Å². The number of carbonyl (C=O) groups is 2. The molecule has 1 aromatic heterocycles. The molecule has 0 spiro atoms. The largest absolute Gasteiger partial charge is 0.573 e. The average Bonchev–Trinajstić information content (AvgIpc) is 3.17. The number of carbonyl (C=O) groups excluding carboxylic acids is 2. The summed E-state index contributed by atoms with van der Waals surface area (Å²) in [6.07, 6.45) is -8.60. The third kappa shape index (κ3) is 8.13. The molecule has 2 bridgehead atoms. The number of anilines is 1. The number of halogens is 7. The maximum absolute atomic E-state index is 13.2. The van der Waals surface area contributed by atoms with Crippen LogP contribution in [0.5, 0.6) is 11.5 Å². The van der Waals surface area contributed by atoms with Crippen LogP contribution in [0.4, 0.5) is 32.2 Å². The van der Waals surface area contributed by atoms with E-state index in [1.54, 1.807) is 6.07 Å². The van der Waals surface area contributed by atoms with Gasteiger partial charge in [-0.1, -0.05) is 11.6 Å². The second-order valence-electron chi connectivity index (χ2n) is 10.9. The highest BCUT2D eigenvalue weighted by Gasteiger charge is 2.44. The first-order chi connectivity index (χ1) is 19.9. The SMILES string of the molecule is CC(C)(Oc1ccc(Cl)cc1OC(F)(F)F)C(=O)N[C@H]1C[C@H]2CC[C@@H](C1)N2c1ccc(C(=O)NCC(O)C(F)(F)F)cn1. The molecule has 2 amide bonds. The minimum atomic E-state index is -5.00. The average molecular weight is 639 g/mol. The van der Waals surface area contributed by atoms with Crippen molar-refractivity contribution >= 4 is 29.2 Å². The van der Waals surface area contributed by atoms with E-state index in [2.05, 4.69) is 19.9 Å². The van der Waals surface area contributed by atoms with Crippen molar-refractivity contribution in [2.45, 2.75) is 81.9 Å². The number of pyridine rings is 1. The molecule has 0 aliphatic carbocycles. The van der Waals surface area contributed by atoms with Crippen LogP contribution in [0.2, 0.25) is 5.02 Å². The highest BCUT2D eigenvalue weighted by molar-refractivity contribution is 6.30. The molecule has 2 fully saturated rings. The predicted octanol–water partition coefficient (Wildman–Crippen LogP) is 4.76. The summed E-state index contributed by atoms with van der Waals surface area (Å²) in [5.74, 6) is -1.78. The summed E-state index contributed by atoms with van der Waals surface area (Å²) >= 11 is 5.80. The van der Waals surface area contributed by atoms with Crippen molar-refractivity contribution in [2.24, 2.45) is 0 Å². The van der Waals surface area contributed by atoms with Crippen LogP contribution in [0.15, 0.2) is 36.5 Å². The first kappa shape index (κ1) is 32.5. The summed E-state index contributed by atoms with van der Waals surface area (Å²) in [6.45, 7) is 1.85. The van der Waals surface area contributed by atoms with E-state index >= 15 is 0 Å². The first-order valence-corrected chi connectivity index (χ1v) is 13.6.